The van der Waals surface area contributed by atoms with E-state index in [1.807, 2.05) is 103 Å². The molecule has 0 saturated carbocycles. The van der Waals surface area contributed by atoms with Crippen LogP contribution in [0.3, 0.4) is 0 Å². The van der Waals surface area contributed by atoms with Crippen LogP contribution in [0.25, 0.3) is 0 Å². The summed E-state index contributed by atoms with van der Waals surface area (Å²) in [6.45, 7) is 1.000. The number of hydrogen-bond acceptors (Lipinski definition) is 10. The van der Waals surface area contributed by atoms with Gasteiger partial charge >= 0.3 is 12.1 Å². The number of methoxy groups -OCH3 is 1. The number of amides is 3. The zero-order valence-corrected chi connectivity index (χ0v) is 33.1. The number of nitrogens with zero attached hydrogens (tertiary/aromatic N) is 3. The number of cyclic esters (lactones) is 1. The minimum atomic E-state index is -2.01. The second-order valence-electron chi connectivity index (χ2n) is 15.2. The number of morpholine rings is 1. The molecule has 1 spiro atoms. The molecule has 3 aliphatic rings. The van der Waals surface area contributed by atoms with Gasteiger partial charge in [0.05, 0.1) is 36.8 Å². The van der Waals surface area contributed by atoms with E-state index in [1.165, 1.54) is 19.2 Å². The predicted molar refractivity (Wildman–Crippen MR) is 222 cm³/mol. The third-order valence-electron chi connectivity index (χ3n) is 11.5. The van der Waals surface area contributed by atoms with Crippen LogP contribution < -0.4 is 10.6 Å². The van der Waals surface area contributed by atoms with E-state index in [0.29, 0.717) is 29.8 Å². The number of anilines is 1. The van der Waals surface area contributed by atoms with Gasteiger partial charge in [0.2, 0.25) is 11.8 Å². The van der Waals surface area contributed by atoms with E-state index in [4.69, 9.17) is 19.9 Å². The highest BCUT2D eigenvalue weighted by molar-refractivity contribution is 6.23. The molecule has 0 bridgehead atoms. The van der Waals surface area contributed by atoms with Crippen molar-refractivity contribution < 1.29 is 38.5 Å². The molecule has 0 radical (unpaired) electrons. The fourth-order valence-corrected chi connectivity index (χ4v) is 9.16. The highest BCUT2D eigenvalue weighted by Gasteiger charge is 2.75. The van der Waals surface area contributed by atoms with Crippen LogP contribution in [-0.4, -0.2) is 78.7 Å². The molecule has 3 amide bonds. The van der Waals surface area contributed by atoms with E-state index in [9.17, 15) is 19.5 Å². The van der Waals surface area contributed by atoms with Gasteiger partial charge in [-0.2, -0.15) is 0 Å². The van der Waals surface area contributed by atoms with Gasteiger partial charge in [-0.15, -0.1) is 0 Å². The van der Waals surface area contributed by atoms with Crippen molar-refractivity contribution >= 4 is 29.6 Å². The number of ether oxygens (including phenoxy) is 3. The van der Waals surface area contributed by atoms with Crippen molar-refractivity contribution in [2.45, 2.75) is 36.2 Å². The van der Waals surface area contributed by atoms with Crippen LogP contribution in [-0.2, 0) is 40.6 Å². The van der Waals surface area contributed by atoms with Crippen LogP contribution in [0.1, 0.15) is 51.6 Å². The van der Waals surface area contributed by atoms with E-state index in [0.717, 1.165) is 16.0 Å². The predicted octanol–water partition coefficient (Wildman–Crippen LogP) is 5.81. The standard InChI is InChI=1S/C48H44N4O8/c1-50(30-32-13-6-3-7-14-32)26-12-15-31-20-25-38-37(29-31)48(46(56)51(38)47(57)59-28-27-58-2)39(44(49)54)41-45(55)60-42(34-18-10-5-11-19-34)40(33-16-8-4-9-17-33)52(41)43(48)35-21-23-36(53)24-22-35/h3-11,13-14,16-25,29,39-43,53H,26-28,30H2,1-2H3,(H2,49,54)/t39-,40-,41-,42+,43+,48-/m0/s1. The number of carbonyl (C=O) groups excluding carboxylic acids is 4. The van der Waals surface area contributed by atoms with Crippen LogP contribution in [0.5, 0.6) is 5.75 Å². The molecular formula is C48H44N4O8. The molecule has 3 heterocycles. The molecule has 5 aromatic carbocycles. The first-order valence-corrected chi connectivity index (χ1v) is 19.7. The third-order valence-corrected chi connectivity index (χ3v) is 11.5. The third kappa shape index (κ3) is 7.06. The Morgan fingerprint density at radius 2 is 1.48 bits per heavy atom. The number of imide groups is 1. The summed E-state index contributed by atoms with van der Waals surface area (Å²) < 4.78 is 17.1. The molecule has 12 heteroatoms. The number of phenolic OH excluding ortho intramolecular Hbond substituents is 1. The maximum Gasteiger partial charge on any atom is 0.421 e. The molecule has 0 unspecified atom stereocenters. The van der Waals surface area contributed by atoms with Crippen LogP contribution in [0.15, 0.2) is 133 Å². The number of benzene rings is 5. The first-order valence-electron chi connectivity index (χ1n) is 19.7. The van der Waals surface area contributed by atoms with Gasteiger partial charge in [-0.25, -0.2) is 9.69 Å². The molecule has 0 aromatic heterocycles. The van der Waals surface area contributed by atoms with Crippen LogP contribution in [0, 0.1) is 17.8 Å². The molecule has 2 fully saturated rings. The lowest BCUT2D eigenvalue weighted by Crippen LogP contribution is -2.55. The van der Waals surface area contributed by atoms with Crippen molar-refractivity contribution in [2.24, 2.45) is 11.7 Å². The minimum Gasteiger partial charge on any atom is -0.508 e. The van der Waals surface area contributed by atoms with Gasteiger partial charge in [-0.3, -0.25) is 24.2 Å². The summed E-state index contributed by atoms with van der Waals surface area (Å²) in [5.74, 6) is 2.36. The molecule has 3 N–H and O–H groups in total. The second-order valence-corrected chi connectivity index (χ2v) is 15.2. The normalized spacial score (nSPS) is 23.1. The van der Waals surface area contributed by atoms with Gasteiger partial charge in [-0.1, -0.05) is 115 Å². The van der Waals surface area contributed by atoms with E-state index in [2.05, 4.69) is 16.7 Å². The Kier molecular flexibility index (Phi) is 11.2. The van der Waals surface area contributed by atoms with Gasteiger partial charge in [0.1, 0.15) is 29.9 Å². The summed E-state index contributed by atoms with van der Waals surface area (Å²) in [7, 11) is 3.42. The average Bonchev–Trinajstić information content (AvgIpc) is 3.71. The lowest BCUT2D eigenvalue weighted by Gasteiger charge is -2.46. The van der Waals surface area contributed by atoms with Gasteiger partial charge in [0.25, 0.3) is 0 Å². The Bertz CT molecular complexity index is 2450. The highest BCUT2D eigenvalue weighted by atomic mass is 16.6. The molecule has 12 nitrogen and oxygen atoms in total. The Morgan fingerprint density at radius 1 is 0.833 bits per heavy atom. The molecule has 2 saturated heterocycles. The first-order chi connectivity index (χ1) is 29.1. The molecule has 0 aliphatic carbocycles. The molecule has 8 rings (SSSR count). The SMILES string of the molecule is COCCOC(=O)N1C(=O)[C@@]2(c3cc(C#CCN(C)Cc4ccccc4)ccc31)[C@H](C(N)=O)[C@H]1C(=O)O[C@H](c3ccccc3)[C@H](c3ccccc3)N1[C@@H]2c1ccc(O)cc1. The zero-order valence-electron chi connectivity index (χ0n) is 33.1. The first kappa shape index (κ1) is 40.0. The second kappa shape index (κ2) is 16.8. The highest BCUT2D eigenvalue weighted by Crippen LogP contribution is 2.65. The molecule has 3 aliphatic heterocycles. The van der Waals surface area contributed by atoms with Gasteiger partial charge in [0, 0.05) is 19.2 Å². The lowest BCUT2D eigenvalue weighted by atomic mass is 9.65. The molecule has 5 aromatic rings. The maximum absolute atomic E-state index is 15.8. The smallest absolute Gasteiger partial charge is 0.421 e. The molecule has 6 atom stereocenters. The number of esters is 1. The van der Waals surface area contributed by atoms with Gasteiger partial charge in [-0.05, 0) is 65.2 Å². The van der Waals surface area contributed by atoms with Gasteiger partial charge < -0.3 is 25.1 Å². The topological polar surface area (TPSA) is 152 Å². The lowest BCUT2D eigenvalue weighted by molar-refractivity contribution is -0.178. The molecule has 304 valence electrons. The number of phenols is 1. The van der Waals surface area contributed by atoms with Crippen LogP contribution in [0.2, 0.25) is 0 Å². The van der Waals surface area contributed by atoms with Crippen molar-refractivity contribution in [1.29, 1.82) is 0 Å². The summed E-state index contributed by atoms with van der Waals surface area (Å²) in [5, 5.41) is 10.5. The quantitative estimate of drug-likeness (QED) is 0.101. The van der Waals surface area contributed by atoms with Crippen LogP contribution in [0.4, 0.5) is 10.5 Å². The number of primary amides is 1. The summed E-state index contributed by atoms with van der Waals surface area (Å²) in [6, 6.07) is 36.7. The Labute approximate surface area is 348 Å². The van der Waals surface area contributed by atoms with Crippen molar-refractivity contribution in [1.82, 2.24) is 9.80 Å². The number of fused-ring (bicyclic) bond motifs is 3. The van der Waals surface area contributed by atoms with E-state index in [-0.39, 0.29) is 30.2 Å². The van der Waals surface area contributed by atoms with Crippen molar-refractivity contribution in [3.05, 3.63) is 167 Å². The fraction of sp³-hybridized carbons (Fsp3) is 0.250. The van der Waals surface area contributed by atoms with E-state index in [1.54, 1.807) is 30.3 Å². The Hall–Kier alpha value is -6.78. The minimum absolute atomic E-state index is 0.0371. The summed E-state index contributed by atoms with van der Waals surface area (Å²) >= 11 is 0. The maximum atomic E-state index is 15.8. The number of rotatable bonds is 10. The largest absolute Gasteiger partial charge is 0.508 e. The Balaban J connectivity index is 1.35. The van der Waals surface area contributed by atoms with Crippen molar-refractivity contribution in [2.75, 3.05) is 38.8 Å². The summed E-state index contributed by atoms with van der Waals surface area (Å²) in [6.07, 6.45) is -1.88. The van der Waals surface area contributed by atoms with Crippen molar-refractivity contribution in [3.8, 4) is 17.6 Å². The van der Waals surface area contributed by atoms with E-state index < -0.39 is 59.4 Å². The van der Waals surface area contributed by atoms with Gasteiger partial charge in [0.15, 0.2) is 0 Å². The zero-order chi connectivity index (χ0) is 42.0. The summed E-state index contributed by atoms with van der Waals surface area (Å²) in [5.41, 5.74) is 8.40. The van der Waals surface area contributed by atoms with Crippen LogP contribution >= 0.6 is 0 Å². The number of aromatic hydroxyl groups is 1. The fourth-order valence-electron chi connectivity index (χ4n) is 9.16. The molecular weight excluding hydrogens is 761 g/mol. The van der Waals surface area contributed by atoms with E-state index >= 15 is 4.79 Å². The Morgan fingerprint density at radius 3 is 2.13 bits per heavy atom. The monoisotopic (exact) mass is 804 g/mol. The molecule has 60 heavy (non-hydrogen) atoms. The number of hydrogen-bond donors (Lipinski definition) is 2. The van der Waals surface area contributed by atoms with Crippen molar-refractivity contribution in [3.63, 3.8) is 0 Å². The average molecular weight is 805 g/mol. The number of nitrogens with two attached hydrogens (primary N) is 1. The summed E-state index contributed by atoms with van der Waals surface area (Å²) in [4.78, 5) is 63.8. The number of carbonyl (C=O) groups is 4.